The van der Waals surface area contributed by atoms with E-state index in [9.17, 15) is 5.11 Å². The molecule has 1 heterocycles. The molecule has 2 unspecified atom stereocenters. The van der Waals surface area contributed by atoms with Crippen molar-refractivity contribution in [1.29, 1.82) is 0 Å². The number of hydrogen-bond acceptors (Lipinski definition) is 2. The SMILES string of the molecule is CC1(C)CCC(CCC(O)C(C)(C)C)O1. The molecule has 0 spiro atoms. The summed E-state index contributed by atoms with van der Waals surface area (Å²) in [5, 5.41) is 9.92. The van der Waals surface area contributed by atoms with Crippen LogP contribution in [-0.4, -0.2) is 22.9 Å². The van der Waals surface area contributed by atoms with Gasteiger partial charge in [-0.25, -0.2) is 0 Å². The summed E-state index contributed by atoms with van der Waals surface area (Å²) in [5.41, 5.74) is 0.0471. The maximum absolute atomic E-state index is 9.92. The van der Waals surface area contributed by atoms with Gasteiger partial charge in [0.2, 0.25) is 0 Å². The minimum absolute atomic E-state index is 0.00583. The Morgan fingerprint density at radius 2 is 2.00 bits per heavy atom. The van der Waals surface area contributed by atoms with Gasteiger partial charge in [0, 0.05) is 0 Å². The van der Waals surface area contributed by atoms with Crippen LogP contribution >= 0.6 is 0 Å². The van der Waals surface area contributed by atoms with Crippen molar-refractivity contribution in [2.24, 2.45) is 5.41 Å². The largest absolute Gasteiger partial charge is 0.393 e. The van der Waals surface area contributed by atoms with Crippen molar-refractivity contribution in [3.63, 3.8) is 0 Å². The Balaban J connectivity index is 2.27. The molecular formula is C13H26O2. The van der Waals surface area contributed by atoms with Gasteiger partial charge in [-0.1, -0.05) is 20.8 Å². The van der Waals surface area contributed by atoms with Crippen LogP contribution in [0.4, 0.5) is 0 Å². The molecular weight excluding hydrogens is 188 g/mol. The lowest BCUT2D eigenvalue weighted by Gasteiger charge is -2.27. The van der Waals surface area contributed by atoms with E-state index < -0.39 is 0 Å². The Kier molecular flexibility index (Phi) is 3.83. The quantitative estimate of drug-likeness (QED) is 0.782. The lowest BCUT2D eigenvalue weighted by Crippen LogP contribution is -2.27. The zero-order chi connectivity index (χ0) is 11.7. The third-order valence-corrected chi connectivity index (χ3v) is 3.32. The second-order valence-electron chi connectivity index (χ2n) is 6.50. The lowest BCUT2D eigenvalue weighted by atomic mass is 9.86. The molecule has 0 aromatic rings. The fourth-order valence-electron chi connectivity index (χ4n) is 2.06. The summed E-state index contributed by atoms with van der Waals surface area (Å²) in [6.45, 7) is 10.5. The van der Waals surface area contributed by atoms with Crippen molar-refractivity contribution in [2.45, 2.75) is 78.1 Å². The predicted octanol–water partition coefficient (Wildman–Crippen LogP) is 3.13. The van der Waals surface area contributed by atoms with Gasteiger partial charge in [-0.05, 0) is 44.9 Å². The zero-order valence-electron chi connectivity index (χ0n) is 10.8. The number of aliphatic hydroxyl groups is 1. The molecule has 1 saturated heterocycles. The molecule has 0 aromatic carbocycles. The minimum Gasteiger partial charge on any atom is -0.393 e. The maximum Gasteiger partial charge on any atom is 0.0631 e. The van der Waals surface area contributed by atoms with E-state index in [0.29, 0.717) is 6.10 Å². The fraction of sp³-hybridized carbons (Fsp3) is 1.00. The third kappa shape index (κ3) is 4.12. The van der Waals surface area contributed by atoms with E-state index >= 15 is 0 Å². The van der Waals surface area contributed by atoms with Crippen LogP contribution in [0.25, 0.3) is 0 Å². The Morgan fingerprint density at radius 3 is 2.40 bits per heavy atom. The molecule has 0 saturated carbocycles. The van der Waals surface area contributed by atoms with E-state index in [-0.39, 0.29) is 17.1 Å². The van der Waals surface area contributed by atoms with Crippen LogP contribution in [0, 0.1) is 5.41 Å². The molecule has 1 N–H and O–H groups in total. The van der Waals surface area contributed by atoms with Crippen molar-refractivity contribution in [3.05, 3.63) is 0 Å². The Labute approximate surface area is 94.0 Å². The highest BCUT2D eigenvalue weighted by Gasteiger charge is 2.32. The van der Waals surface area contributed by atoms with Crippen molar-refractivity contribution in [2.75, 3.05) is 0 Å². The molecule has 0 bridgehead atoms. The predicted molar refractivity (Wildman–Crippen MR) is 62.9 cm³/mol. The molecule has 1 aliphatic heterocycles. The summed E-state index contributed by atoms with van der Waals surface area (Å²) >= 11 is 0. The molecule has 15 heavy (non-hydrogen) atoms. The topological polar surface area (TPSA) is 29.5 Å². The van der Waals surface area contributed by atoms with Crippen molar-refractivity contribution < 1.29 is 9.84 Å². The van der Waals surface area contributed by atoms with Crippen LogP contribution < -0.4 is 0 Å². The molecule has 2 heteroatoms. The van der Waals surface area contributed by atoms with Crippen LogP contribution in [0.3, 0.4) is 0 Å². The first-order valence-corrected chi connectivity index (χ1v) is 6.06. The van der Waals surface area contributed by atoms with Crippen LogP contribution in [0.15, 0.2) is 0 Å². The highest BCUT2D eigenvalue weighted by atomic mass is 16.5. The third-order valence-electron chi connectivity index (χ3n) is 3.32. The molecule has 0 amide bonds. The molecule has 2 atom stereocenters. The maximum atomic E-state index is 9.92. The van der Waals surface area contributed by atoms with Crippen LogP contribution in [0.2, 0.25) is 0 Å². The van der Waals surface area contributed by atoms with E-state index in [1.54, 1.807) is 0 Å². The van der Waals surface area contributed by atoms with Crippen LogP contribution in [0.5, 0.6) is 0 Å². The summed E-state index contributed by atoms with van der Waals surface area (Å²) in [7, 11) is 0. The van der Waals surface area contributed by atoms with Gasteiger partial charge in [-0.3, -0.25) is 0 Å². The molecule has 0 aromatic heterocycles. The summed E-state index contributed by atoms with van der Waals surface area (Å²) < 4.78 is 5.90. The first kappa shape index (κ1) is 13.0. The normalized spacial score (nSPS) is 28.0. The number of ether oxygens (including phenoxy) is 1. The van der Waals surface area contributed by atoms with E-state index in [1.807, 2.05) is 0 Å². The molecule has 90 valence electrons. The van der Waals surface area contributed by atoms with Gasteiger partial charge in [-0.2, -0.15) is 0 Å². The molecule has 1 rings (SSSR count). The fourth-order valence-corrected chi connectivity index (χ4v) is 2.06. The second-order valence-corrected chi connectivity index (χ2v) is 6.50. The van der Waals surface area contributed by atoms with Gasteiger partial charge < -0.3 is 9.84 Å². The van der Waals surface area contributed by atoms with E-state index in [2.05, 4.69) is 34.6 Å². The summed E-state index contributed by atoms with van der Waals surface area (Å²) in [4.78, 5) is 0. The van der Waals surface area contributed by atoms with Gasteiger partial charge >= 0.3 is 0 Å². The van der Waals surface area contributed by atoms with Crippen molar-refractivity contribution >= 4 is 0 Å². The molecule has 0 aliphatic carbocycles. The zero-order valence-corrected chi connectivity index (χ0v) is 10.8. The molecule has 2 nitrogen and oxygen atoms in total. The van der Waals surface area contributed by atoms with Gasteiger partial charge in [-0.15, -0.1) is 0 Å². The highest BCUT2D eigenvalue weighted by molar-refractivity contribution is 4.82. The number of aliphatic hydroxyl groups excluding tert-OH is 1. The van der Waals surface area contributed by atoms with E-state index in [4.69, 9.17) is 4.74 Å². The first-order chi connectivity index (χ1) is 6.71. The van der Waals surface area contributed by atoms with Crippen molar-refractivity contribution in [1.82, 2.24) is 0 Å². The van der Waals surface area contributed by atoms with Gasteiger partial charge in [0.15, 0.2) is 0 Å². The molecule has 1 fully saturated rings. The number of hydrogen-bond donors (Lipinski definition) is 1. The summed E-state index contributed by atoms with van der Waals surface area (Å²) in [6.07, 6.45) is 4.26. The van der Waals surface area contributed by atoms with E-state index in [1.165, 1.54) is 0 Å². The Morgan fingerprint density at radius 1 is 1.40 bits per heavy atom. The van der Waals surface area contributed by atoms with E-state index in [0.717, 1.165) is 25.7 Å². The molecule has 0 radical (unpaired) electrons. The van der Waals surface area contributed by atoms with Crippen LogP contribution in [0.1, 0.15) is 60.3 Å². The summed E-state index contributed by atoms with van der Waals surface area (Å²) in [6, 6.07) is 0. The standard InChI is InChI=1S/C13H26O2/c1-12(2,3)11(14)7-6-10-8-9-13(4,5)15-10/h10-11,14H,6-9H2,1-5H3. The first-order valence-electron chi connectivity index (χ1n) is 6.06. The minimum atomic E-state index is -0.218. The number of rotatable bonds is 3. The van der Waals surface area contributed by atoms with Crippen LogP contribution in [-0.2, 0) is 4.74 Å². The highest BCUT2D eigenvalue weighted by Crippen LogP contribution is 2.33. The van der Waals surface area contributed by atoms with Crippen molar-refractivity contribution in [3.8, 4) is 0 Å². The van der Waals surface area contributed by atoms with Gasteiger partial charge in [0.25, 0.3) is 0 Å². The Bertz CT molecular complexity index is 203. The molecule has 1 aliphatic rings. The average Bonchev–Trinajstić information content (AvgIpc) is 2.39. The smallest absolute Gasteiger partial charge is 0.0631 e. The summed E-state index contributed by atoms with van der Waals surface area (Å²) in [5.74, 6) is 0. The van der Waals surface area contributed by atoms with Gasteiger partial charge in [0.1, 0.15) is 0 Å². The second kappa shape index (κ2) is 4.42. The average molecular weight is 214 g/mol. The van der Waals surface area contributed by atoms with Gasteiger partial charge in [0.05, 0.1) is 17.8 Å². The monoisotopic (exact) mass is 214 g/mol. The lowest BCUT2D eigenvalue weighted by molar-refractivity contribution is -0.0298. The Hall–Kier alpha value is -0.0800.